The van der Waals surface area contributed by atoms with Crippen molar-refractivity contribution in [1.82, 2.24) is 4.90 Å². The van der Waals surface area contributed by atoms with Crippen LogP contribution in [-0.2, 0) is 6.54 Å². The number of piperidine rings is 1. The average molecular weight is 228 g/mol. The van der Waals surface area contributed by atoms with Crippen LogP contribution in [0.1, 0.15) is 32.3 Å². The third-order valence-corrected chi connectivity index (χ3v) is 3.72. The molecule has 1 saturated heterocycles. The highest BCUT2D eigenvalue weighted by molar-refractivity contribution is 5.16. The minimum Gasteiger partial charge on any atom is -0.283 e. The Morgan fingerprint density at radius 2 is 2.06 bits per heavy atom. The molecule has 0 saturated carbocycles. The lowest BCUT2D eigenvalue weighted by Gasteiger charge is -2.42. The van der Waals surface area contributed by atoms with Crippen LogP contribution in [0, 0.1) is 16.7 Å². The number of hydrogen-bond donors (Lipinski definition) is 0. The van der Waals surface area contributed by atoms with Crippen molar-refractivity contribution in [3.8, 4) is 6.07 Å². The molecule has 0 bridgehead atoms. The SMILES string of the molecule is CC1(C)CCCN(Cc2ccccc2)C1C#N. The molecule has 1 atom stereocenters. The Bertz CT molecular complexity index is 403. The van der Waals surface area contributed by atoms with E-state index in [4.69, 9.17) is 0 Å². The van der Waals surface area contributed by atoms with E-state index in [-0.39, 0.29) is 11.5 Å². The zero-order chi connectivity index (χ0) is 12.3. The Hall–Kier alpha value is -1.33. The van der Waals surface area contributed by atoms with E-state index >= 15 is 0 Å². The first-order valence-electron chi connectivity index (χ1n) is 6.31. The lowest BCUT2D eigenvalue weighted by atomic mass is 9.77. The molecule has 0 aliphatic carbocycles. The van der Waals surface area contributed by atoms with E-state index in [1.165, 1.54) is 12.0 Å². The van der Waals surface area contributed by atoms with Gasteiger partial charge in [-0.15, -0.1) is 0 Å². The zero-order valence-electron chi connectivity index (χ0n) is 10.7. The zero-order valence-corrected chi connectivity index (χ0v) is 10.7. The molecule has 90 valence electrons. The van der Waals surface area contributed by atoms with Crippen molar-refractivity contribution in [1.29, 1.82) is 5.26 Å². The van der Waals surface area contributed by atoms with Crippen molar-refractivity contribution in [2.24, 2.45) is 5.41 Å². The lowest BCUT2D eigenvalue weighted by molar-refractivity contribution is 0.0662. The summed E-state index contributed by atoms with van der Waals surface area (Å²) in [6.07, 6.45) is 2.34. The minimum absolute atomic E-state index is 0.0384. The molecular formula is C15H20N2. The smallest absolute Gasteiger partial charge is 0.103 e. The van der Waals surface area contributed by atoms with Crippen molar-refractivity contribution < 1.29 is 0 Å². The lowest BCUT2D eigenvalue weighted by Crippen LogP contribution is -2.48. The van der Waals surface area contributed by atoms with E-state index in [1.54, 1.807) is 0 Å². The molecule has 17 heavy (non-hydrogen) atoms. The largest absolute Gasteiger partial charge is 0.283 e. The van der Waals surface area contributed by atoms with Gasteiger partial charge in [-0.05, 0) is 30.4 Å². The highest BCUT2D eigenvalue weighted by atomic mass is 15.2. The molecule has 1 aliphatic heterocycles. The summed E-state index contributed by atoms with van der Waals surface area (Å²) in [7, 11) is 0. The summed E-state index contributed by atoms with van der Waals surface area (Å²) < 4.78 is 0. The summed E-state index contributed by atoms with van der Waals surface area (Å²) in [5.41, 5.74) is 1.41. The molecule has 1 aromatic carbocycles. The van der Waals surface area contributed by atoms with Crippen LogP contribution in [-0.4, -0.2) is 17.5 Å². The monoisotopic (exact) mass is 228 g/mol. The Morgan fingerprint density at radius 1 is 1.35 bits per heavy atom. The number of hydrogen-bond acceptors (Lipinski definition) is 2. The van der Waals surface area contributed by atoms with Crippen LogP contribution in [0.25, 0.3) is 0 Å². The first kappa shape index (κ1) is 12.1. The van der Waals surface area contributed by atoms with Gasteiger partial charge in [0, 0.05) is 6.54 Å². The Morgan fingerprint density at radius 3 is 2.71 bits per heavy atom. The number of benzene rings is 1. The molecular weight excluding hydrogens is 208 g/mol. The second kappa shape index (κ2) is 4.89. The molecule has 0 radical (unpaired) electrons. The van der Waals surface area contributed by atoms with Gasteiger partial charge in [-0.1, -0.05) is 44.2 Å². The molecule has 0 amide bonds. The van der Waals surface area contributed by atoms with E-state index < -0.39 is 0 Å². The first-order valence-corrected chi connectivity index (χ1v) is 6.31. The molecule has 1 aliphatic rings. The molecule has 1 fully saturated rings. The molecule has 2 heteroatoms. The van der Waals surface area contributed by atoms with Gasteiger partial charge in [0.2, 0.25) is 0 Å². The van der Waals surface area contributed by atoms with Crippen molar-refractivity contribution >= 4 is 0 Å². The molecule has 0 spiro atoms. The Balaban J connectivity index is 2.13. The molecule has 0 aromatic heterocycles. The van der Waals surface area contributed by atoms with Gasteiger partial charge in [0.05, 0.1) is 6.07 Å². The van der Waals surface area contributed by atoms with Gasteiger partial charge in [0.15, 0.2) is 0 Å². The molecule has 2 nitrogen and oxygen atoms in total. The molecule has 2 rings (SSSR count). The van der Waals surface area contributed by atoms with Crippen LogP contribution >= 0.6 is 0 Å². The normalized spacial score (nSPS) is 24.2. The molecule has 0 N–H and O–H groups in total. The number of nitriles is 1. The van der Waals surface area contributed by atoms with Crippen LogP contribution in [0.2, 0.25) is 0 Å². The summed E-state index contributed by atoms with van der Waals surface area (Å²) in [5.74, 6) is 0. The van der Waals surface area contributed by atoms with E-state index in [0.717, 1.165) is 19.5 Å². The van der Waals surface area contributed by atoms with E-state index in [9.17, 15) is 5.26 Å². The van der Waals surface area contributed by atoms with Gasteiger partial charge >= 0.3 is 0 Å². The van der Waals surface area contributed by atoms with Crippen LogP contribution in [0.15, 0.2) is 30.3 Å². The van der Waals surface area contributed by atoms with E-state index in [2.05, 4.69) is 49.1 Å². The topological polar surface area (TPSA) is 27.0 Å². The summed E-state index contributed by atoms with van der Waals surface area (Å²) in [6, 6.07) is 13.0. The second-order valence-electron chi connectivity index (χ2n) is 5.58. The van der Waals surface area contributed by atoms with Crippen molar-refractivity contribution in [3.63, 3.8) is 0 Å². The molecule has 1 unspecified atom stereocenters. The summed E-state index contributed by atoms with van der Waals surface area (Å²) in [6.45, 7) is 6.34. The van der Waals surface area contributed by atoms with Crippen LogP contribution in [0.3, 0.4) is 0 Å². The van der Waals surface area contributed by atoms with Gasteiger partial charge < -0.3 is 0 Å². The third kappa shape index (κ3) is 2.68. The van der Waals surface area contributed by atoms with Crippen molar-refractivity contribution in [2.45, 2.75) is 39.3 Å². The maximum Gasteiger partial charge on any atom is 0.103 e. The minimum atomic E-state index is 0.0384. The number of rotatable bonds is 2. The third-order valence-electron chi connectivity index (χ3n) is 3.72. The highest BCUT2D eigenvalue weighted by Crippen LogP contribution is 2.35. The fraction of sp³-hybridized carbons (Fsp3) is 0.533. The van der Waals surface area contributed by atoms with Crippen molar-refractivity contribution in [2.75, 3.05) is 6.54 Å². The quantitative estimate of drug-likeness (QED) is 0.777. The van der Waals surface area contributed by atoms with Crippen LogP contribution in [0.5, 0.6) is 0 Å². The number of likely N-dealkylation sites (tertiary alicyclic amines) is 1. The molecule has 1 heterocycles. The predicted octanol–water partition coefficient (Wildman–Crippen LogP) is 3.20. The summed E-state index contributed by atoms with van der Waals surface area (Å²) in [5, 5.41) is 9.38. The van der Waals surface area contributed by atoms with E-state index in [1.807, 2.05) is 6.07 Å². The maximum absolute atomic E-state index is 9.38. The fourth-order valence-electron chi connectivity index (χ4n) is 2.74. The maximum atomic E-state index is 9.38. The van der Waals surface area contributed by atoms with Gasteiger partial charge in [0.1, 0.15) is 6.04 Å². The fourth-order valence-corrected chi connectivity index (χ4v) is 2.74. The second-order valence-corrected chi connectivity index (χ2v) is 5.58. The van der Waals surface area contributed by atoms with Gasteiger partial charge in [0.25, 0.3) is 0 Å². The average Bonchev–Trinajstić information content (AvgIpc) is 2.29. The summed E-state index contributed by atoms with van der Waals surface area (Å²) >= 11 is 0. The summed E-state index contributed by atoms with van der Waals surface area (Å²) in [4.78, 5) is 2.32. The van der Waals surface area contributed by atoms with Gasteiger partial charge in [-0.25, -0.2) is 0 Å². The van der Waals surface area contributed by atoms with Crippen molar-refractivity contribution in [3.05, 3.63) is 35.9 Å². The number of nitrogens with zero attached hydrogens (tertiary/aromatic N) is 2. The van der Waals surface area contributed by atoms with Crippen LogP contribution < -0.4 is 0 Å². The van der Waals surface area contributed by atoms with Gasteiger partial charge in [-0.2, -0.15) is 5.26 Å². The first-order chi connectivity index (χ1) is 8.13. The Kier molecular flexibility index (Phi) is 3.49. The predicted molar refractivity (Wildman–Crippen MR) is 69.3 cm³/mol. The van der Waals surface area contributed by atoms with Crippen LogP contribution in [0.4, 0.5) is 0 Å². The van der Waals surface area contributed by atoms with Gasteiger partial charge in [-0.3, -0.25) is 4.90 Å². The van der Waals surface area contributed by atoms with E-state index in [0.29, 0.717) is 0 Å². The highest BCUT2D eigenvalue weighted by Gasteiger charge is 2.37. The Labute approximate surface area is 104 Å². The standard InChI is InChI=1S/C15H20N2/c1-15(2)9-6-10-17(14(15)11-16)12-13-7-4-3-5-8-13/h3-5,7-8,14H,6,9-10,12H2,1-2H3. The molecule has 1 aromatic rings.